The Morgan fingerprint density at radius 3 is 2.67 bits per heavy atom. The van der Waals surface area contributed by atoms with Crippen LogP contribution in [-0.2, 0) is 15.0 Å². The number of nitrogen functional groups attached to an aromatic ring is 1. The van der Waals surface area contributed by atoms with Crippen LogP contribution in [0.4, 0.5) is 11.8 Å². The first kappa shape index (κ1) is 16.9. The molecule has 0 amide bonds. The summed E-state index contributed by atoms with van der Waals surface area (Å²) in [7, 11) is 3.43. The Bertz CT molecular complexity index is 723. The van der Waals surface area contributed by atoms with Crippen LogP contribution in [0.15, 0.2) is 6.20 Å². The van der Waals surface area contributed by atoms with E-state index >= 15 is 0 Å². The largest absolute Gasteiger partial charge is 0.383 e. The van der Waals surface area contributed by atoms with E-state index in [1.807, 2.05) is 4.68 Å². The van der Waals surface area contributed by atoms with Crippen molar-refractivity contribution in [2.45, 2.75) is 44.9 Å². The van der Waals surface area contributed by atoms with Crippen LogP contribution >= 0.6 is 0 Å². The standard InChI is InChI=1S/C16H26N6O2/c1-16(2,3)22-14-12(7-18-22)13(17)19-15(20-14)21-8-11(24-5)6-10(21)9-23-4/h7,10-11H,6,8-9H2,1-5H3,(H2,17,19,20)/t10-,11+/m0/s1. The summed E-state index contributed by atoms with van der Waals surface area (Å²) in [5, 5.41) is 5.23. The van der Waals surface area contributed by atoms with Crippen LogP contribution in [0.25, 0.3) is 11.0 Å². The van der Waals surface area contributed by atoms with E-state index in [1.165, 1.54) is 0 Å². The molecule has 2 atom stereocenters. The van der Waals surface area contributed by atoms with Gasteiger partial charge >= 0.3 is 0 Å². The zero-order chi connectivity index (χ0) is 17.5. The highest BCUT2D eigenvalue weighted by molar-refractivity contribution is 5.86. The molecule has 2 N–H and O–H groups in total. The second-order valence-electron chi connectivity index (χ2n) is 7.23. The van der Waals surface area contributed by atoms with Crippen molar-refractivity contribution in [3.05, 3.63) is 6.20 Å². The molecule has 132 valence electrons. The average molecular weight is 334 g/mol. The molecule has 0 aliphatic carbocycles. The Morgan fingerprint density at radius 1 is 1.29 bits per heavy atom. The number of ether oxygens (including phenoxy) is 2. The van der Waals surface area contributed by atoms with Crippen molar-refractivity contribution in [2.24, 2.45) is 0 Å². The average Bonchev–Trinajstić information content (AvgIpc) is 3.11. The summed E-state index contributed by atoms with van der Waals surface area (Å²) < 4.78 is 12.8. The number of rotatable bonds is 4. The number of nitrogens with two attached hydrogens (primary N) is 1. The Labute approximate surface area is 141 Å². The lowest BCUT2D eigenvalue weighted by Gasteiger charge is -2.25. The predicted octanol–water partition coefficient (Wildman–Crippen LogP) is 1.40. The van der Waals surface area contributed by atoms with Crippen LogP contribution in [-0.4, -0.2) is 59.3 Å². The summed E-state index contributed by atoms with van der Waals surface area (Å²) in [6.07, 6.45) is 2.75. The lowest BCUT2D eigenvalue weighted by atomic mass is 10.1. The van der Waals surface area contributed by atoms with Gasteiger partial charge in [0.15, 0.2) is 5.65 Å². The van der Waals surface area contributed by atoms with E-state index in [-0.39, 0.29) is 17.7 Å². The van der Waals surface area contributed by atoms with Crippen LogP contribution in [0.2, 0.25) is 0 Å². The molecule has 0 bridgehead atoms. The van der Waals surface area contributed by atoms with E-state index in [2.05, 4.69) is 35.8 Å². The second kappa shape index (κ2) is 6.18. The third-order valence-electron chi connectivity index (χ3n) is 4.41. The Balaban J connectivity index is 2.06. The van der Waals surface area contributed by atoms with E-state index in [4.69, 9.17) is 20.2 Å². The molecule has 0 unspecified atom stereocenters. The molecule has 1 fully saturated rings. The highest BCUT2D eigenvalue weighted by Gasteiger charge is 2.34. The van der Waals surface area contributed by atoms with Gasteiger partial charge in [-0.3, -0.25) is 0 Å². The molecule has 8 nitrogen and oxygen atoms in total. The molecule has 0 saturated carbocycles. The maximum Gasteiger partial charge on any atom is 0.229 e. The summed E-state index contributed by atoms with van der Waals surface area (Å²) in [4.78, 5) is 11.4. The van der Waals surface area contributed by atoms with Gasteiger partial charge in [-0.05, 0) is 27.2 Å². The molecule has 24 heavy (non-hydrogen) atoms. The smallest absolute Gasteiger partial charge is 0.229 e. The van der Waals surface area contributed by atoms with Crippen molar-refractivity contribution in [3.63, 3.8) is 0 Å². The zero-order valence-corrected chi connectivity index (χ0v) is 15.0. The van der Waals surface area contributed by atoms with Gasteiger partial charge < -0.3 is 20.1 Å². The van der Waals surface area contributed by atoms with E-state index in [0.717, 1.165) is 24.0 Å². The predicted molar refractivity (Wildman–Crippen MR) is 93.2 cm³/mol. The fourth-order valence-electron chi connectivity index (χ4n) is 3.18. The molecule has 2 aromatic heterocycles. The number of hydrogen-bond donors (Lipinski definition) is 1. The van der Waals surface area contributed by atoms with Crippen LogP contribution in [0, 0.1) is 0 Å². The molecule has 2 aromatic rings. The number of anilines is 2. The summed E-state index contributed by atoms with van der Waals surface area (Å²) in [5.41, 5.74) is 6.74. The molecule has 0 aromatic carbocycles. The first-order chi connectivity index (χ1) is 11.3. The van der Waals surface area contributed by atoms with Crippen LogP contribution < -0.4 is 10.6 Å². The topological polar surface area (TPSA) is 91.3 Å². The second-order valence-corrected chi connectivity index (χ2v) is 7.23. The molecule has 1 aliphatic heterocycles. The minimum absolute atomic E-state index is 0.137. The van der Waals surface area contributed by atoms with E-state index in [9.17, 15) is 0 Å². The number of fused-ring (bicyclic) bond motifs is 1. The molecule has 3 heterocycles. The first-order valence-corrected chi connectivity index (χ1v) is 8.15. The van der Waals surface area contributed by atoms with Gasteiger partial charge in [0, 0.05) is 20.8 Å². The van der Waals surface area contributed by atoms with Gasteiger partial charge in [0.05, 0.1) is 35.9 Å². The number of hydrogen-bond acceptors (Lipinski definition) is 7. The summed E-state index contributed by atoms with van der Waals surface area (Å²) in [6, 6.07) is 0.169. The Kier molecular flexibility index (Phi) is 4.35. The van der Waals surface area contributed by atoms with Crippen molar-refractivity contribution in [1.29, 1.82) is 0 Å². The van der Waals surface area contributed by atoms with Gasteiger partial charge in [-0.1, -0.05) is 0 Å². The van der Waals surface area contributed by atoms with Crippen LogP contribution in [0.5, 0.6) is 0 Å². The third kappa shape index (κ3) is 2.91. The lowest BCUT2D eigenvalue weighted by molar-refractivity contribution is 0.111. The van der Waals surface area contributed by atoms with Crippen molar-refractivity contribution in [1.82, 2.24) is 19.7 Å². The van der Waals surface area contributed by atoms with Crippen molar-refractivity contribution in [3.8, 4) is 0 Å². The molecule has 1 saturated heterocycles. The molecule has 0 radical (unpaired) electrons. The molecular formula is C16H26N6O2. The molecule has 8 heteroatoms. The number of aromatic nitrogens is 4. The van der Waals surface area contributed by atoms with E-state index < -0.39 is 0 Å². The highest BCUT2D eigenvalue weighted by atomic mass is 16.5. The van der Waals surface area contributed by atoms with E-state index in [1.54, 1.807) is 20.4 Å². The Morgan fingerprint density at radius 2 is 2.04 bits per heavy atom. The third-order valence-corrected chi connectivity index (χ3v) is 4.41. The van der Waals surface area contributed by atoms with Crippen LogP contribution in [0.3, 0.4) is 0 Å². The maximum absolute atomic E-state index is 6.17. The Hall–Kier alpha value is -1.93. The van der Waals surface area contributed by atoms with Gasteiger partial charge in [0.2, 0.25) is 5.95 Å². The van der Waals surface area contributed by atoms with Gasteiger partial charge in [-0.15, -0.1) is 0 Å². The van der Waals surface area contributed by atoms with Gasteiger partial charge in [-0.2, -0.15) is 15.1 Å². The minimum Gasteiger partial charge on any atom is -0.383 e. The SMILES string of the molecule is COC[C@@H]1C[C@@H](OC)CN1c1nc(N)c2cnn(C(C)(C)C)c2n1. The quantitative estimate of drug-likeness (QED) is 0.903. The monoisotopic (exact) mass is 334 g/mol. The minimum atomic E-state index is -0.189. The van der Waals surface area contributed by atoms with Crippen molar-refractivity contribution < 1.29 is 9.47 Å². The van der Waals surface area contributed by atoms with Gasteiger partial charge in [-0.25, -0.2) is 4.68 Å². The first-order valence-electron chi connectivity index (χ1n) is 8.15. The molecular weight excluding hydrogens is 308 g/mol. The highest BCUT2D eigenvalue weighted by Crippen LogP contribution is 2.29. The molecule has 3 rings (SSSR count). The fourth-order valence-corrected chi connectivity index (χ4v) is 3.18. The lowest BCUT2D eigenvalue weighted by Crippen LogP contribution is -2.35. The maximum atomic E-state index is 6.17. The van der Waals surface area contributed by atoms with E-state index in [0.29, 0.717) is 18.4 Å². The van der Waals surface area contributed by atoms with Crippen molar-refractivity contribution in [2.75, 3.05) is 38.0 Å². The fraction of sp³-hybridized carbons (Fsp3) is 0.688. The summed E-state index contributed by atoms with van der Waals surface area (Å²) in [6.45, 7) is 7.57. The van der Waals surface area contributed by atoms with Crippen LogP contribution in [0.1, 0.15) is 27.2 Å². The number of methoxy groups -OCH3 is 2. The molecule has 0 spiro atoms. The number of nitrogens with zero attached hydrogens (tertiary/aromatic N) is 5. The normalized spacial score (nSPS) is 21.8. The van der Waals surface area contributed by atoms with Crippen molar-refractivity contribution >= 4 is 22.8 Å². The van der Waals surface area contributed by atoms with Gasteiger partial charge in [0.1, 0.15) is 5.82 Å². The summed E-state index contributed by atoms with van der Waals surface area (Å²) >= 11 is 0. The molecule has 1 aliphatic rings. The zero-order valence-electron chi connectivity index (χ0n) is 15.0. The van der Waals surface area contributed by atoms with Gasteiger partial charge in [0.25, 0.3) is 0 Å². The summed E-state index contributed by atoms with van der Waals surface area (Å²) in [5.74, 6) is 1.05.